The first-order chi connectivity index (χ1) is 8.27. The van der Waals surface area contributed by atoms with Crippen LogP contribution in [0, 0.1) is 5.82 Å². The van der Waals surface area contributed by atoms with E-state index in [4.69, 9.17) is 10.5 Å². The fourth-order valence-electron chi connectivity index (χ4n) is 2.04. The van der Waals surface area contributed by atoms with Gasteiger partial charge in [0, 0.05) is 5.56 Å². The van der Waals surface area contributed by atoms with Crippen molar-refractivity contribution < 1.29 is 9.13 Å². The van der Waals surface area contributed by atoms with Crippen molar-refractivity contribution in [3.63, 3.8) is 0 Å². The smallest absolute Gasteiger partial charge is 0.148 e. The molecule has 0 saturated heterocycles. The maximum Gasteiger partial charge on any atom is 0.148 e. The second-order valence-electron chi connectivity index (χ2n) is 4.03. The van der Waals surface area contributed by atoms with Gasteiger partial charge >= 0.3 is 0 Å². The Morgan fingerprint density at radius 1 is 1.41 bits per heavy atom. The Labute approximate surface area is 97.8 Å². The van der Waals surface area contributed by atoms with Gasteiger partial charge in [-0.2, -0.15) is 5.10 Å². The number of benzene rings is 1. The molecule has 0 aliphatic carbocycles. The Bertz CT molecular complexity index is 552. The summed E-state index contributed by atoms with van der Waals surface area (Å²) in [5.41, 5.74) is 8.08. The summed E-state index contributed by atoms with van der Waals surface area (Å²) in [6.07, 6.45) is 1.69. The zero-order chi connectivity index (χ0) is 11.8. The van der Waals surface area contributed by atoms with E-state index in [-0.39, 0.29) is 11.9 Å². The lowest BCUT2D eigenvalue weighted by molar-refractivity contribution is 0.0884. The van der Waals surface area contributed by atoms with Crippen LogP contribution >= 0.6 is 0 Å². The van der Waals surface area contributed by atoms with E-state index in [1.807, 2.05) is 0 Å². The molecule has 0 radical (unpaired) electrons. The highest BCUT2D eigenvalue weighted by Crippen LogP contribution is 2.25. The van der Waals surface area contributed by atoms with Crippen molar-refractivity contribution in [1.29, 1.82) is 0 Å². The summed E-state index contributed by atoms with van der Waals surface area (Å²) in [4.78, 5) is 0. The summed E-state index contributed by atoms with van der Waals surface area (Å²) in [7, 11) is 0. The first kappa shape index (κ1) is 10.4. The maximum atomic E-state index is 13.7. The topological polar surface area (TPSA) is 53.1 Å². The predicted octanol–water partition coefficient (Wildman–Crippen LogP) is 1.54. The third-order valence-corrected chi connectivity index (χ3v) is 2.92. The zero-order valence-corrected chi connectivity index (χ0v) is 9.14. The van der Waals surface area contributed by atoms with Gasteiger partial charge in [-0.25, -0.2) is 9.07 Å². The van der Waals surface area contributed by atoms with Gasteiger partial charge in [-0.15, -0.1) is 0 Å². The van der Waals surface area contributed by atoms with Gasteiger partial charge in [-0.1, -0.05) is 12.1 Å². The van der Waals surface area contributed by atoms with E-state index in [2.05, 4.69) is 5.10 Å². The molecular formula is C12H12FN3O. The number of para-hydroxylation sites is 1. The number of fused-ring (bicyclic) bond motifs is 1. The van der Waals surface area contributed by atoms with Crippen LogP contribution in [0.4, 0.5) is 4.39 Å². The normalized spacial score (nSPS) is 19.1. The molecule has 0 spiro atoms. The van der Waals surface area contributed by atoms with Gasteiger partial charge in [-0.05, 0) is 12.1 Å². The molecule has 17 heavy (non-hydrogen) atoms. The van der Waals surface area contributed by atoms with E-state index in [1.54, 1.807) is 29.1 Å². The monoisotopic (exact) mass is 233 g/mol. The van der Waals surface area contributed by atoms with Gasteiger partial charge in [0.2, 0.25) is 0 Å². The Balaban J connectivity index is 2.14. The minimum atomic E-state index is -0.308. The van der Waals surface area contributed by atoms with Crippen LogP contribution in [0.15, 0.2) is 30.5 Å². The van der Waals surface area contributed by atoms with Crippen LogP contribution in [-0.4, -0.2) is 16.4 Å². The van der Waals surface area contributed by atoms with E-state index in [0.29, 0.717) is 18.9 Å². The summed E-state index contributed by atoms with van der Waals surface area (Å²) in [5.74, 6) is -0.308. The van der Waals surface area contributed by atoms with E-state index in [1.165, 1.54) is 6.07 Å². The number of nitrogens with zero attached hydrogens (tertiary/aromatic N) is 2. The molecule has 1 aliphatic heterocycles. The highest BCUT2D eigenvalue weighted by Gasteiger charge is 2.23. The summed E-state index contributed by atoms with van der Waals surface area (Å²) in [5, 5.41) is 4.20. The van der Waals surface area contributed by atoms with E-state index < -0.39 is 0 Å². The first-order valence-corrected chi connectivity index (χ1v) is 5.42. The first-order valence-electron chi connectivity index (χ1n) is 5.42. The van der Waals surface area contributed by atoms with Crippen LogP contribution in [-0.2, 0) is 11.3 Å². The molecule has 1 aromatic carbocycles. The molecule has 1 aromatic heterocycles. The molecule has 0 bridgehead atoms. The molecule has 0 fully saturated rings. The molecule has 2 heterocycles. The van der Waals surface area contributed by atoms with Crippen molar-refractivity contribution >= 4 is 0 Å². The third-order valence-electron chi connectivity index (χ3n) is 2.92. The van der Waals surface area contributed by atoms with Crippen molar-refractivity contribution in [2.75, 3.05) is 6.61 Å². The van der Waals surface area contributed by atoms with Gasteiger partial charge in [0.05, 0.1) is 31.1 Å². The molecule has 4 nitrogen and oxygen atoms in total. The van der Waals surface area contributed by atoms with E-state index in [9.17, 15) is 4.39 Å². The van der Waals surface area contributed by atoms with Crippen molar-refractivity contribution in [2.24, 2.45) is 5.73 Å². The lowest BCUT2D eigenvalue weighted by Gasteiger charge is -2.20. The van der Waals surface area contributed by atoms with Crippen LogP contribution in [0.1, 0.15) is 17.3 Å². The number of ether oxygens (including phenoxy) is 1. The fraction of sp³-hybridized carbons (Fsp3) is 0.250. The van der Waals surface area contributed by atoms with Gasteiger partial charge < -0.3 is 10.5 Å². The quantitative estimate of drug-likeness (QED) is 0.812. The van der Waals surface area contributed by atoms with Crippen LogP contribution < -0.4 is 5.73 Å². The average Bonchev–Trinajstić information content (AvgIpc) is 2.75. The van der Waals surface area contributed by atoms with Crippen LogP contribution in [0.25, 0.3) is 5.69 Å². The van der Waals surface area contributed by atoms with Crippen LogP contribution in [0.2, 0.25) is 0 Å². The largest absolute Gasteiger partial charge is 0.373 e. The minimum Gasteiger partial charge on any atom is -0.373 e. The molecule has 0 amide bonds. The third kappa shape index (κ3) is 1.64. The van der Waals surface area contributed by atoms with Crippen molar-refractivity contribution in [3.05, 3.63) is 47.5 Å². The molecule has 2 N–H and O–H groups in total. The van der Waals surface area contributed by atoms with Crippen molar-refractivity contribution in [1.82, 2.24) is 9.78 Å². The fourth-order valence-corrected chi connectivity index (χ4v) is 2.04. The van der Waals surface area contributed by atoms with E-state index in [0.717, 1.165) is 11.3 Å². The minimum absolute atomic E-state index is 0.181. The van der Waals surface area contributed by atoms with Crippen molar-refractivity contribution in [3.8, 4) is 5.69 Å². The highest BCUT2D eigenvalue weighted by molar-refractivity contribution is 5.37. The van der Waals surface area contributed by atoms with Crippen molar-refractivity contribution in [2.45, 2.75) is 12.6 Å². The number of hydrogen-bond acceptors (Lipinski definition) is 3. The zero-order valence-electron chi connectivity index (χ0n) is 9.14. The second kappa shape index (κ2) is 3.94. The molecule has 5 heteroatoms. The van der Waals surface area contributed by atoms with E-state index >= 15 is 0 Å². The molecule has 2 aromatic rings. The average molecular weight is 233 g/mol. The number of aromatic nitrogens is 2. The molecule has 3 rings (SSSR count). The van der Waals surface area contributed by atoms with Crippen LogP contribution in [0.5, 0.6) is 0 Å². The Morgan fingerprint density at radius 2 is 2.24 bits per heavy atom. The molecule has 0 saturated carbocycles. The molecule has 88 valence electrons. The number of halogens is 1. The number of nitrogens with two attached hydrogens (primary N) is 1. The SMILES string of the molecule is N[C@@H]1COCc2c1cnn2-c1ccccc1F. The molecule has 1 aliphatic rings. The highest BCUT2D eigenvalue weighted by atomic mass is 19.1. The summed E-state index contributed by atoms with van der Waals surface area (Å²) < 4.78 is 20.6. The number of hydrogen-bond donors (Lipinski definition) is 1. The lowest BCUT2D eigenvalue weighted by atomic mass is 10.1. The van der Waals surface area contributed by atoms with Gasteiger partial charge in [0.15, 0.2) is 0 Å². The van der Waals surface area contributed by atoms with Gasteiger partial charge in [0.1, 0.15) is 11.5 Å². The molecule has 0 unspecified atom stereocenters. The predicted molar refractivity (Wildman–Crippen MR) is 60.1 cm³/mol. The summed E-state index contributed by atoms with van der Waals surface area (Å²) >= 11 is 0. The Kier molecular flexibility index (Phi) is 2.42. The molecular weight excluding hydrogens is 221 g/mol. The number of rotatable bonds is 1. The standard InChI is InChI=1S/C12H12FN3O/c13-9-3-1-2-4-11(9)16-12-7-17-6-10(14)8(12)5-15-16/h1-5,10H,6-7,14H2/t10-/m1/s1. The summed E-state index contributed by atoms with van der Waals surface area (Å²) in [6, 6.07) is 6.34. The van der Waals surface area contributed by atoms with Crippen LogP contribution in [0.3, 0.4) is 0 Å². The summed E-state index contributed by atoms with van der Waals surface area (Å²) in [6.45, 7) is 0.896. The Morgan fingerprint density at radius 3 is 3.06 bits per heavy atom. The Hall–Kier alpha value is -1.72. The van der Waals surface area contributed by atoms with Gasteiger partial charge in [0.25, 0.3) is 0 Å². The molecule has 1 atom stereocenters. The van der Waals surface area contributed by atoms with Gasteiger partial charge in [-0.3, -0.25) is 0 Å². The lowest BCUT2D eigenvalue weighted by Crippen LogP contribution is -2.24. The second-order valence-corrected chi connectivity index (χ2v) is 4.03. The maximum absolute atomic E-state index is 13.7.